The van der Waals surface area contributed by atoms with Gasteiger partial charge >= 0.3 is 0 Å². The van der Waals surface area contributed by atoms with Gasteiger partial charge in [0.25, 0.3) is 0 Å². The Balaban J connectivity index is 1.83. The monoisotopic (exact) mass is 370 g/mol. The van der Waals surface area contributed by atoms with Gasteiger partial charge in [0.1, 0.15) is 12.4 Å². The van der Waals surface area contributed by atoms with Gasteiger partial charge in [-0.15, -0.1) is 0 Å². The number of nitrogens with zero attached hydrogens (tertiary/aromatic N) is 3. The summed E-state index contributed by atoms with van der Waals surface area (Å²) in [6.45, 7) is 4.39. The van der Waals surface area contributed by atoms with Gasteiger partial charge in [0, 0.05) is 18.4 Å². The molecule has 138 valence electrons. The van der Waals surface area contributed by atoms with Gasteiger partial charge in [-0.3, -0.25) is 4.79 Å². The molecule has 1 atom stereocenters. The van der Waals surface area contributed by atoms with E-state index in [1.807, 2.05) is 55.8 Å². The van der Waals surface area contributed by atoms with E-state index in [4.69, 9.17) is 4.98 Å². The molecule has 0 aliphatic rings. The molecule has 0 unspecified atom stereocenters. The molecule has 3 rings (SSSR count). The highest BCUT2D eigenvalue weighted by molar-refractivity contribution is 7.98. The minimum atomic E-state index is -0.0940. The molecule has 0 saturated carbocycles. The fourth-order valence-electron chi connectivity index (χ4n) is 3.31. The lowest BCUT2D eigenvalue weighted by atomic mass is 10.2. The maximum Gasteiger partial charge on any atom is 0.240 e. The summed E-state index contributed by atoms with van der Waals surface area (Å²) in [4.78, 5) is 17.5. The first-order valence-electron chi connectivity index (χ1n) is 8.83. The molecule has 2 aromatic heterocycles. The molecule has 2 heterocycles. The summed E-state index contributed by atoms with van der Waals surface area (Å²) in [5.74, 6) is 1.90. The van der Waals surface area contributed by atoms with Crippen LogP contribution in [0.25, 0.3) is 11.0 Å². The van der Waals surface area contributed by atoms with E-state index < -0.39 is 0 Å². The first-order chi connectivity index (χ1) is 12.5. The van der Waals surface area contributed by atoms with Crippen LogP contribution in [0.4, 0.5) is 0 Å². The second-order valence-corrected chi connectivity index (χ2v) is 7.61. The summed E-state index contributed by atoms with van der Waals surface area (Å²) in [6, 6.07) is 12.1. The largest absolute Gasteiger partial charge is 0.345 e. The van der Waals surface area contributed by atoms with Crippen LogP contribution >= 0.6 is 11.8 Å². The maximum absolute atomic E-state index is 12.7. The normalized spacial score (nSPS) is 12.5. The Kier molecular flexibility index (Phi) is 5.71. The van der Waals surface area contributed by atoms with Crippen molar-refractivity contribution in [2.45, 2.75) is 32.9 Å². The number of para-hydroxylation sites is 2. The molecular weight excluding hydrogens is 344 g/mol. The van der Waals surface area contributed by atoms with Gasteiger partial charge in [0.15, 0.2) is 0 Å². The molecule has 0 radical (unpaired) electrons. The van der Waals surface area contributed by atoms with E-state index in [0.29, 0.717) is 6.54 Å². The summed E-state index contributed by atoms with van der Waals surface area (Å²) in [7, 11) is 2.02. The number of thioether (sulfide) groups is 1. The van der Waals surface area contributed by atoms with Crippen molar-refractivity contribution in [3.05, 3.63) is 53.6 Å². The Labute approximate surface area is 158 Å². The smallest absolute Gasteiger partial charge is 0.240 e. The maximum atomic E-state index is 12.7. The molecule has 0 saturated heterocycles. The van der Waals surface area contributed by atoms with Gasteiger partial charge in [-0.25, -0.2) is 4.98 Å². The lowest BCUT2D eigenvalue weighted by Gasteiger charge is -2.19. The van der Waals surface area contributed by atoms with E-state index in [-0.39, 0.29) is 11.9 Å². The van der Waals surface area contributed by atoms with Gasteiger partial charge in [-0.1, -0.05) is 12.1 Å². The predicted octanol–water partition coefficient (Wildman–Crippen LogP) is 3.60. The highest BCUT2D eigenvalue weighted by atomic mass is 32.2. The summed E-state index contributed by atoms with van der Waals surface area (Å²) >= 11 is 1.78. The average Bonchev–Trinajstić information content (AvgIpc) is 3.13. The zero-order valence-electron chi connectivity index (χ0n) is 15.8. The van der Waals surface area contributed by atoms with Crippen molar-refractivity contribution in [3.63, 3.8) is 0 Å². The molecule has 0 bridgehead atoms. The number of nitrogens with one attached hydrogen (secondary N) is 1. The number of amides is 1. The van der Waals surface area contributed by atoms with Crippen LogP contribution in [0.1, 0.15) is 29.7 Å². The minimum absolute atomic E-state index is 0.0190. The van der Waals surface area contributed by atoms with Crippen molar-refractivity contribution in [3.8, 4) is 0 Å². The second-order valence-electron chi connectivity index (χ2n) is 6.62. The van der Waals surface area contributed by atoms with E-state index in [9.17, 15) is 4.79 Å². The Morgan fingerprint density at radius 3 is 2.54 bits per heavy atom. The number of hydrogen-bond acceptors (Lipinski definition) is 3. The van der Waals surface area contributed by atoms with Crippen LogP contribution in [0.3, 0.4) is 0 Å². The molecular formula is C20H26N4OS. The van der Waals surface area contributed by atoms with Crippen molar-refractivity contribution in [1.82, 2.24) is 19.4 Å². The van der Waals surface area contributed by atoms with E-state index in [2.05, 4.69) is 22.2 Å². The zero-order chi connectivity index (χ0) is 18.7. The van der Waals surface area contributed by atoms with Crippen LogP contribution in [0, 0.1) is 13.8 Å². The molecule has 1 N–H and O–H groups in total. The van der Waals surface area contributed by atoms with Crippen molar-refractivity contribution in [2.24, 2.45) is 7.05 Å². The van der Waals surface area contributed by atoms with E-state index in [1.54, 1.807) is 11.8 Å². The van der Waals surface area contributed by atoms with Crippen molar-refractivity contribution >= 4 is 28.7 Å². The quantitative estimate of drug-likeness (QED) is 0.691. The Hall–Kier alpha value is -2.21. The number of hydrogen-bond donors (Lipinski definition) is 1. The molecule has 6 heteroatoms. The lowest BCUT2D eigenvalue weighted by molar-refractivity contribution is -0.122. The van der Waals surface area contributed by atoms with E-state index in [1.165, 1.54) is 0 Å². The molecule has 3 aromatic rings. The van der Waals surface area contributed by atoms with Crippen molar-refractivity contribution in [1.29, 1.82) is 0 Å². The third kappa shape index (κ3) is 3.80. The lowest BCUT2D eigenvalue weighted by Crippen LogP contribution is -2.33. The summed E-state index contributed by atoms with van der Waals surface area (Å²) < 4.78 is 4.13. The van der Waals surface area contributed by atoms with Crippen LogP contribution in [-0.4, -0.2) is 32.0 Å². The Morgan fingerprint density at radius 2 is 1.88 bits per heavy atom. The fourth-order valence-corrected chi connectivity index (χ4v) is 3.78. The van der Waals surface area contributed by atoms with Gasteiger partial charge in [0.2, 0.25) is 5.91 Å². The predicted molar refractivity (Wildman–Crippen MR) is 109 cm³/mol. The first-order valence-corrected chi connectivity index (χ1v) is 10.2. The summed E-state index contributed by atoms with van der Waals surface area (Å²) in [5.41, 5.74) is 4.25. The highest BCUT2D eigenvalue weighted by Crippen LogP contribution is 2.23. The Morgan fingerprint density at radius 1 is 1.19 bits per heavy atom. The number of rotatable bonds is 7. The van der Waals surface area contributed by atoms with Crippen LogP contribution in [0.15, 0.2) is 36.4 Å². The number of benzene rings is 1. The minimum Gasteiger partial charge on any atom is -0.345 e. The molecule has 5 nitrogen and oxygen atoms in total. The standard InChI is InChI=1S/C20H26N4OS/c1-14-9-10-15(2)24(14)13-19(25)21-17(11-12-26-4)20-22-16-7-5-6-8-18(16)23(20)3/h5-10,17H,11-13H2,1-4H3,(H,21,25)/t17-/m1/s1. The molecule has 0 aliphatic carbocycles. The van der Waals surface area contributed by atoms with Crippen LogP contribution in [-0.2, 0) is 18.4 Å². The first kappa shape index (κ1) is 18.6. The number of carbonyl (C=O) groups is 1. The number of imidazole rings is 1. The SMILES string of the molecule is CSCC[C@@H](NC(=O)Cn1c(C)ccc1C)c1nc2ccccc2n1C. The summed E-state index contributed by atoms with van der Waals surface area (Å²) in [5, 5.41) is 3.21. The summed E-state index contributed by atoms with van der Waals surface area (Å²) in [6.07, 6.45) is 2.94. The molecule has 0 fully saturated rings. The molecule has 1 aromatic carbocycles. The topological polar surface area (TPSA) is 51.9 Å². The third-order valence-electron chi connectivity index (χ3n) is 4.80. The number of carbonyl (C=O) groups excluding carboxylic acids is 1. The van der Waals surface area contributed by atoms with Gasteiger partial charge in [0.05, 0.1) is 17.1 Å². The van der Waals surface area contributed by atoms with E-state index >= 15 is 0 Å². The van der Waals surface area contributed by atoms with Gasteiger partial charge in [-0.05, 0) is 56.5 Å². The number of aromatic nitrogens is 3. The van der Waals surface area contributed by atoms with Gasteiger partial charge in [-0.2, -0.15) is 11.8 Å². The molecule has 0 spiro atoms. The van der Waals surface area contributed by atoms with Crippen LogP contribution in [0.2, 0.25) is 0 Å². The number of fused-ring (bicyclic) bond motifs is 1. The van der Waals surface area contributed by atoms with Crippen LogP contribution in [0.5, 0.6) is 0 Å². The second kappa shape index (κ2) is 7.99. The van der Waals surface area contributed by atoms with E-state index in [0.717, 1.165) is 40.4 Å². The average molecular weight is 371 g/mol. The van der Waals surface area contributed by atoms with Crippen molar-refractivity contribution in [2.75, 3.05) is 12.0 Å². The number of aryl methyl sites for hydroxylation is 3. The molecule has 1 amide bonds. The molecule has 26 heavy (non-hydrogen) atoms. The Bertz CT molecular complexity index is 892. The zero-order valence-corrected chi connectivity index (χ0v) is 16.6. The third-order valence-corrected chi connectivity index (χ3v) is 5.44. The highest BCUT2D eigenvalue weighted by Gasteiger charge is 2.21. The van der Waals surface area contributed by atoms with Gasteiger partial charge < -0.3 is 14.5 Å². The molecule has 0 aliphatic heterocycles. The fraction of sp³-hybridized carbons (Fsp3) is 0.400. The van der Waals surface area contributed by atoms with Crippen LogP contribution < -0.4 is 5.32 Å². The van der Waals surface area contributed by atoms with Crippen molar-refractivity contribution < 1.29 is 4.79 Å².